The van der Waals surface area contributed by atoms with E-state index in [1.165, 1.54) is 5.39 Å². The molecule has 0 atom stereocenters. The van der Waals surface area contributed by atoms with Gasteiger partial charge in [0.05, 0.1) is 0 Å². The summed E-state index contributed by atoms with van der Waals surface area (Å²) in [5.41, 5.74) is 12.6. The largest absolute Gasteiger partial charge is 0.456 e. The molecule has 0 amide bonds. The van der Waals surface area contributed by atoms with E-state index in [4.69, 9.17) is 35.8 Å². The molecule has 1 nitrogen and oxygen atoms in total. The van der Waals surface area contributed by atoms with Gasteiger partial charge in [0.1, 0.15) is 42.7 Å². The van der Waals surface area contributed by atoms with Crippen LogP contribution in [0.1, 0.15) is 0 Å². The zero-order valence-corrected chi connectivity index (χ0v) is 32.0. The van der Waals surface area contributed by atoms with Crippen molar-refractivity contribution in [2.45, 2.75) is 0 Å². The maximum Gasteiger partial charge on any atom is 0.135 e. The minimum absolute atomic E-state index is 0.514. The predicted octanol–water partition coefficient (Wildman–Crippen LogP) is 10.6. The molecule has 59 heavy (non-hydrogen) atoms. The lowest BCUT2D eigenvalue weighted by Crippen LogP contribution is -2.26. The Morgan fingerprint density at radius 3 is 1.47 bits per heavy atom. The average Bonchev–Trinajstić information content (AvgIpc) is 3.71. The minimum Gasteiger partial charge on any atom is -0.456 e. The summed E-state index contributed by atoms with van der Waals surface area (Å²) >= 11 is 0. The van der Waals surface area contributed by atoms with E-state index in [0.29, 0.717) is 21.9 Å². The standard InChI is InChI=1S/C54H30B4O/c55-47-27-43-45(29-49(47)57)54(41-20-10-18-39-37(17-9-19-40(39)41)34-21-22-51-35(23-34)26-52(59-51)32-13-5-2-6-14-32)46-30-50(58)48(56)28-44(46)53(43)36-24-33-15-7-8-16-38(33)42(25-36)31-11-3-1-4-12-31/h1-30H. The van der Waals surface area contributed by atoms with Crippen LogP contribution in [-0.2, 0) is 0 Å². The van der Waals surface area contributed by atoms with E-state index in [2.05, 4.69) is 133 Å². The van der Waals surface area contributed by atoms with Crippen LogP contribution in [-0.4, -0.2) is 31.4 Å². The molecule has 5 heteroatoms. The van der Waals surface area contributed by atoms with Crippen molar-refractivity contribution in [3.63, 3.8) is 0 Å². The summed E-state index contributed by atoms with van der Waals surface area (Å²) < 4.78 is 6.28. The molecule has 0 fully saturated rings. The van der Waals surface area contributed by atoms with Crippen LogP contribution in [0.3, 0.4) is 0 Å². The Balaban J connectivity index is 1.19. The van der Waals surface area contributed by atoms with E-state index in [0.717, 1.165) is 105 Å². The Kier molecular flexibility index (Phi) is 8.27. The fraction of sp³-hybridized carbons (Fsp3) is 0. The third-order valence-electron chi connectivity index (χ3n) is 11.8. The Morgan fingerprint density at radius 2 is 0.814 bits per heavy atom. The fourth-order valence-corrected chi connectivity index (χ4v) is 9.03. The lowest BCUT2D eigenvalue weighted by molar-refractivity contribution is 0.631. The second-order valence-electron chi connectivity index (χ2n) is 15.3. The average molecular weight is 738 g/mol. The lowest BCUT2D eigenvalue weighted by Gasteiger charge is -2.22. The van der Waals surface area contributed by atoms with Gasteiger partial charge in [-0.2, -0.15) is 0 Å². The molecular formula is C54H30B4O. The van der Waals surface area contributed by atoms with Gasteiger partial charge in [-0.3, -0.25) is 0 Å². The number of rotatable bonds is 5. The van der Waals surface area contributed by atoms with E-state index < -0.39 is 0 Å². The Labute approximate surface area is 348 Å². The third kappa shape index (κ3) is 5.83. The summed E-state index contributed by atoms with van der Waals surface area (Å²) in [5.74, 6) is 0.847. The number of fused-ring (bicyclic) bond motifs is 5. The van der Waals surface area contributed by atoms with E-state index in [9.17, 15) is 0 Å². The van der Waals surface area contributed by atoms with Crippen molar-refractivity contribution < 1.29 is 4.42 Å². The zero-order valence-electron chi connectivity index (χ0n) is 32.0. The first-order valence-electron chi connectivity index (χ1n) is 19.7. The third-order valence-corrected chi connectivity index (χ3v) is 11.8. The molecule has 8 radical (unpaired) electrons. The molecule has 11 rings (SSSR count). The Hall–Kier alpha value is -6.96. The van der Waals surface area contributed by atoms with Gasteiger partial charge in [0, 0.05) is 10.9 Å². The topological polar surface area (TPSA) is 13.1 Å². The van der Waals surface area contributed by atoms with Crippen molar-refractivity contribution in [3.8, 4) is 55.8 Å². The van der Waals surface area contributed by atoms with Gasteiger partial charge in [0.2, 0.25) is 0 Å². The number of furan rings is 1. The van der Waals surface area contributed by atoms with Crippen molar-refractivity contribution in [2.75, 3.05) is 0 Å². The second kappa shape index (κ2) is 13.9. The minimum atomic E-state index is 0.514. The highest BCUT2D eigenvalue weighted by molar-refractivity contribution is 6.51. The van der Waals surface area contributed by atoms with Crippen LogP contribution in [0.25, 0.3) is 110 Å². The molecule has 1 heterocycles. The van der Waals surface area contributed by atoms with Crippen LogP contribution < -0.4 is 21.9 Å². The van der Waals surface area contributed by atoms with Crippen molar-refractivity contribution in [3.05, 3.63) is 182 Å². The Morgan fingerprint density at radius 1 is 0.288 bits per heavy atom. The first-order valence-corrected chi connectivity index (χ1v) is 19.7. The normalized spacial score (nSPS) is 11.7. The van der Waals surface area contributed by atoms with Crippen LogP contribution in [0.2, 0.25) is 0 Å². The second-order valence-corrected chi connectivity index (χ2v) is 15.3. The highest BCUT2D eigenvalue weighted by Crippen LogP contribution is 2.47. The fourth-order valence-electron chi connectivity index (χ4n) is 9.03. The predicted molar refractivity (Wildman–Crippen MR) is 255 cm³/mol. The van der Waals surface area contributed by atoms with Crippen molar-refractivity contribution in [2.24, 2.45) is 0 Å². The van der Waals surface area contributed by atoms with Gasteiger partial charge < -0.3 is 4.42 Å². The number of hydrogen-bond acceptors (Lipinski definition) is 1. The molecule has 10 aromatic carbocycles. The highest BCUT2D eigenvalue weighted by atomic mass is 16.3. The van der Waals surface area contributed by atoms with Gasteiger partial charge in [0.25, 0.3) is 0 Å². The molecule has 0 aliphatic rings. The summed E-state index contributed by atoms with van der Waals surface area (Å²) in [7, 11) is 26.8. The van der Waals surface area contributed by atoms with Crippen LogP contribution in [0.5, 0.6) is 0 Å². The lowest BCUT2D eigenvalue weighted by atomic mass is 9.73. The van der Waals surface area contributed by atoms with Crippen LogP contribution in [0.4, 0.5) is 0 Å². The first-order chi connectivity index (χ1) is 28.9. The van der Waals surface area contributed by atoms with Crippen molar-refractivity contribution >= 4 is 107 Å². The summed E-state index contributed by atoms with van der Waals surface area (Å²) in [4.78, 5) is 0. The van der Waals surface area contributed by atoms with E-state index >= 15 is 0 Å². The molecule has 0 aliphatic heterocycles. The molecule has 0 unspecified atom stereocenters. The zero-order chi connectivity index (χ0) is 39.8. The van der Waals surface area contributed by atoms with Gasteiger partial charge in [-0.25, -0.2) is 0 Å². The first kappa shape index (κ1) is 35.2. The molecule has 11 aromatic rings. The van der Waals surface area contributed by atoms with Gasteiger partial charge in [-0.15, -0.1) is 21.9 Å². The smallest absolute Gasteiger partial charge is 0.135 e. The van der Waals surface area contributed by atoms with Gasteiger partial charge in [-0.1, -0.05) is 152 Å². The molecule has 1 aromatic heterocycles. The van der Waals surface area contributed by atoms with Gasteiger partial charge >= 0.3 is 0 Å². The maximum atomic E-state index is 6.71. The summed E-state index contributed by atoms with van der Waals surface area (Å²) in [6.07, 6.45) is 0. The van der Waals surface area contributed by atoms with Crippen LogP contribution in [0, 0.1) is 0 Å². The molecule has 0 spiro atoms. The molecule has 0 N–H and O–H groups in total. The summed E-state index contributed by atoms with van der Waals surface area (Å²) in [6.45, 7) is 0. The number of benzene rings is 10. The SMILES string of the molecule is [B]c1cc2c(-c3cc(-c4ccccc4)c4ccccc4c3)c3cc([B])c([B])cc3c(-c3cccc4c(-c5ccc6oc(-c7ccccc7)cc6c5)cccc34)c2cc1[B]. The molecule has 0 bridgehead atoms. The van der Waals surface area contributed by atoms with Gasteiger partial charge in [0.15, 0.2) is 0 Å². The molecule has 0 aliphatic carbocycles. The molecule has 0 saturated heterocycles. The molecule has 264 valence electrons. The van der Waals surface area contributed by atoms with Crippen LogP contribution >= 0.6 is 0 Å². The van der Waals surface area contributed by atoms with E-state index in [-0.39, 0.29) is 0 Å². The maximum absolute atomic E-state index is 6.71. The van der Waals surface area contributed by atoms with E-state index in [1.54, 1.807) is 0 Å². The van der Waals surface area contributed by atoms with Crippen molar-refractivity contribution in [1.82, 2.24) is 0 Å². The monoisotopic (exact) mass is 738 g/mol. The highest BCUT2D eigenvalue weighted by Gasteiger charge is 2.22. The van der Waals surface area contributed by atoms with Crippen molar-refractivity contribution in [1.29, 1.82) is 0 Å². The summed E-state index contributed by atoms with van der Waals surface area (Å²) in [6, 6.07) is 63.5. The summed E-state index contributed by atoms with van der Waals surface area (Å²) in [5, 5.41) is 9.48. The quantitative estimate of drug-likeness (QED) is 0.127. The molecule has 0 saturated carbocycles. The van der Waals surface area contributed by atoms with Gasteiger partial charge in [-0.05, 0) is 118 Å². The Bertz CT molecular complexity index is 3410. The van der Waals surface area contributed by atoms with E-state index in [1.807, 2.05) is 48.5 Å². The van der Waals surface area contributed by atoms with Crippen LogP contribution in [0.15, 0.2) is 186 Å². The number of hydrogen-bond donors (Lipinski definition) is 0. The molecular weight excluding hydrogens is 708 g/mol.